The lowest BCUT2D eigenvalue weighted by atomic mass is 9.78. The standard InChI is InChI=1S/C15H22O2/c1-3-17-14-8-12(9-14)10-15(16)13-6-4-5-11(2)7-13/h4-7,12,14-16H,3,8-10H2,1-2H3. The van der Waals surface area contributed by atoms with Crippen molar-refractivity contribution >= 4 is 0 Å². The van der Waals surface area contributed by atoms with Crippen LogP contribution in [0.2, 0.25) is 0 Å². The highest BCUT2D eigenvalue weighted by Gasteiger charge is 2.31. The van der Waals surface area contributed by atoms with E-state index in [-0.39, 0.29) is 6.10 Å². The molecule has 1 unspecified atom stereocenters. The molecule has 1 aromatic rings. The molecule has 1 atom stereocenters. The molecule has 2 rings (SSSR count). The van der Waals surface area contributed by atoms with Gasteiger partial charge in [-0.2, -0.15) is 0 Å². The van der Waals surface area contributed by atoms with E-state index < -0.39 is 0 Å². The normalized spacial score (nSPS) is 25.4. The van der Waals surface area contributed by atoms with Gasteiger partial charge in [0.15, 0.2) is 0 Å². The highest BCUT2D eigenvalue weighted by molar-refractivity contribution is 5.24. The molecule has 0 bridgehead atoms. The monoisotopic (exact) mass is 234 g/mol. The summed E-state index contributed by atoms with van der Waals surface area (Å²) in [6.07, 6.45) is 3.21. The Labute approximate surface area is 104 Å². The molecule has 2 heteroatoms. The van der Waals surface area contributed by atoms with E-state index in [0.717, 1.165) is 31.4 Å². The average Bonchev–Trinajstić information content (AvgIpc) is 2.26. The van der Waals surface area contributed by atoms with Gasteiger partial charge in [-0.15, -0.1) is 0 Å². The highest BCUT2D eigenvalue weighted by atomic mass is 16.5. The molecule has 0 spiro atoms. The van der Waals surface area contributed by atoms with Crippen molar-refractivity contribution in [1.82, 2.24) is 0 Å². The third-order valence-electron chi connectivity index (χ3n) is 3.58. The maximum absolute atomic E-state index is 10.2. The molecule has 2 nitrogen and oxygen atoms in total. The third-order valence-corrected chi connectivity index (χ3v) is 3.58. The van der Waals surface area contributed by atoms with Gasteiger partial charge in [-0.3, -0.25) is 0 Å². The van der Waals surface area contributed by atoms with E-state index in [2.05, 4.69) is 19.1 Å². The maximum Gasteiger partial charge on any atom is 0.0792 e. The molecule has 0 aliphatic heterocycles. The van der Waals surface area contributed by atoms with E-state index >= 15 is 0 Å². The third kappa shape index (κ3) is 3.30. The van der Waals surface area contributed by atoms with Crippen molar-refractivity contribution in [3.8, 4) is 0 Å². The number of hydrogen-bond donors (Lipinski definition) is 1. The fourth-order valence-electron chi connectivity index (χ4n) is 2.57. The van der Waals surface area contributed by atoms with Gasteiger partial charge in [0.05, 0.1) is 12.2 Å². The minimum Gasteiger partial charge on any atom is -0.388 e. The van der Waals surface area contributed by atoms with Gasteiger partial charge in [-0.25, -0.2) is 0 Å². The topological polar surface area (TPSA) is 29.5 Å². The Hall–Kier alpha value is -0.860. The Kier molecular flexibility index (Phi) is 4.19. The number of ether oxygens (including phenoxy) is 1. The Balaban J connectivity index is 1.80. The molecular weight excluding hydrogens is 212 g/mol. The summed E-state index contributed by atoms with van der Waals surface area (Å²) >= 11 is 0. The molecule has 0 saturated heterocycles. The maximum atomic E-state index is 10.2. The molecule has 1 aliphatic carbocycles. The Morgan fingerprint density at radius 3 is 2.82 bits per heavy atom. The summed E-state index contributed by atoms with van der Waals surface area (Å²) in [7, 11) is 0. The van der Waals surface area contributed by atoms with Crippen LogP contribution in [0.1, 0.15) is 43.4 Å². The number of aliphatic hydroxyl groups is 1. The summed E-state index contributed by atoms with van der Waals surface area (Å²) in [6, 6.07) is 8.15. The van der Waals surface area contributed by atoms with Crippen LogP contribution in [-0.2, 0) is 4.74 Å². The van der Waals surface area contributed by atoms with Crippen molar-refractivity contribution in [3.63, 3.8) is 0 Å². The molecule has 1 saturated carbocycles. The zero-order valence-electron chi connectivity index (χ0n) is 10.7. The molecule has 1 aliphatic rings. The van der Waals surface area contributed by atoms with Crippen molar-refractivity contribution in [1.29, 1.82) is 0 Å². The Bertz CT molecular complexity index is 356. The van der Waals surface area contributed by atoms with E-state index in [1.54, 1.807) is 0 Å². The van der Waals surface area contributed by atoms with Gasteiger partial charge in [-0.1, -0.05) is 29.8 Å². The second-order valence-electron chi connectivity index (χ2n) is 5.08. The Morgan fingerprint density at radius 1 is 1.41 bits per heavy atom. The fourth-order valence-corrected chi connectivity index (χ4v) is 2.57. The van der Waals surface area contributed by atoms with Gasteiger partial charge in [0, 0.05) is 6.61 Å². The van der Waals surface area contributed by atoms with Crippen LogP contribution in [0.5, 0.6) is 0 Å². The van der Waals surface area contributed by atoms with Crippen molar-refractivity contribution in [2.45, 2.75) is 45.3 Å². The van der Waals surface area contributed by atoms with Gasteiger partial charge < -0.3 is 9.84 Å². The summed E-state index contributed by atoms with van der Waals surface area (Å²) in [5, 5.41) is 10.2. The molecule has 0 heterocycles. The summed E-state index contributed by atoms with van der Waals surface area (Å²) in [6.45, 7) is 4.90. The zero-order chi connectivity index (χ0) is 12.3. The smallest absolute Gasteiger partial charge is 0.0792 e. The number of benzene rings is 1. The molecule has 0 radical (unpaired) electrons. The summed E-state index contributed by atoms with van der Waals surface area (Å²) in [5.74, 6) is 0.627. The van der Waals surface area contributed by atoms with E-state index in [0.29, 0.717) is 12.0 Å². The summed E-state index contributed by atoms with van der Waals surface area (Å²) < 4.78 is 5.53. The minimum absolute atomic E-state index is 0.317. The molecule has 1 aromatic carbocycles. The van der Waals surface area contributed by atoms with E-state index in [1.807, 2.05) is 19.1 Å². The predicted molar refractivity (Wildman–Crippen MR) is 68.9 cm³/mol. The summed E-state index contributed by atoms with van der Waals surface area (Å²) in [5.41, 5.74) is 2.26. The van der Waals surface area contributed by atoms with Crippen LogP contribution in [0, 0.1) is 12.8 Å². The number of aryl methyl sites for hydroxylation is 1. The molecule has 17 heavy (non-hydrogen) atoms. The number of rotatable bonds is 5. The number of hydrogen-bond acceptors (Lipinski definition) is 2. The predicted octanol–water partition coefficient (Wildman–Crippen LogP) is 3.23. The minimum atomic E-state index is -0.317. The van der Waals surface area contributed by atoms with Crippen molar-refractivity contribution in [2.24, 2.45) is 5.92 Å². The first-order chi connectivity index (χ1) is 8.19. The average molecular weight is 234 g/mol. The molecule has 0 aromatic heterocycles. The van der Waals surface area contributed by atoms with Crippen LogP contribution in [0.15, 0.2) is 24.3 Å². The van der Waals surface area contributed by atoms with E-state index in [9.17, 15) is 5.11 Å². The van der Waals surface area contributed by atoms with Crippen molar-refractivity contribution in [3.05, 3.63) is 35.4 Å². The lowest BCUT2D eigenvalue weighted by Crippen LogP contribution is -2.32. The zero-order valence-corrected chi connectivity index (χ0v) is 10.7. The molecule has 1 fully saturated rings. The van der Waals surface area contributed by atoms with Crippen LogP contribution in [0.3, 0.4) is 0 Å². The lowest BCUT2D eigenvalue weighted by molar-refractivity contribution is -0.0380. The first-order valence-electron chi connectivity index (χ1n) is 6.55. The lowest BCUT2D eigenvalue weighted by Gasteiger charge is -2.36. The first kappa shape index (κ1) is 12.6. The second kappa shape index (κ2) is 5.65. The quantitative estimate of drug-likeness (QED) is 0.847. The van der Waals surface area contributed by atoms with E-state index in [4.69, 9.17) is 4.74 Å². The van der Waals surface area contributed by atoms with Crippen LogP contribution in [0.4, 0.5) is 0 Å². The second-order valence-corrected chi connectivity index (χ2v) is 5.08. The van der Waals surface area contributed by atoms with Gasteiger partial charge in [0.25, 0.3) is 0 Å². The molecular formula is C15H22O2. The van der Waals surface area contributed by atoms with Crippen LogP contribution >= 0.6 is 0 Å². The first-order valence-corrected chi connectivity index (χ1v) is 6.55. The van der Waals surface area contributed by atoms with Crippen molar-refractivity contribution < 1.29 is 9.84 Å². The largest absolute Gasteiger partial charge is 0.388 e. The fraction of sp³-hybridized carbons (Fsp3) is 0.600. The summed E-state index contributed by atoms with van der Waals surface area (Å²) in [4.78, 5) is 0. The SMILES string of the molecule is CCOC1CC(CC(O)c2cccc(C)c2)C1. The van der Waals surface area contributed by atoms with Gasteiger partial charge in [-0.05, 0) is 44.6 Å². The van der Waals surface area contributed by atoms with Gasteiger partial charge in [0.2, 0.25) is 0 Å². The highest BCUT2D eigenvalue weighted by Crippen LogP contribution is 2.36. The Morgan fingerprint density at radius 2 is 2.18 bits per heavy atom. The van der Waals surface area contributed by atoms with Crippen LogP contribution in [0.25, 0.3) is 0 Å². The molecule has 0 amide bonds. The van der Waals surface area contributed by atoms with Crippen LogP contribution < -0.4 is 0 Å². The van der Waals surface area contributed by atoms with E-state index in [1.165, 1.54) is 5.56 Å². The molecule has 94 valence electrons. The van der Waals surface area contributed by atoms with Gasteiger partial charge in [0.1, 0.15) is 0 Å². The molecule has 1 N–H and O–H groups in total. The van der Waals surface area contributed by atoms with Crippen molar-refractivity contribution in [2.75, 3.05) is 6.61 Å². The number of aliphatic hydroxyl groups excluding tert-OH is 1. The van der Waals surface area contributed by atoms with Crippen LogP contribution in [-0.4, -0.2) is 17.8 Å². The van der Waals surface area contributed by atoms with Gasteiger partial charge >= 0.3 is 0 Å².